The van der Waals surface area contributed by atoms with Crippen LogP contribution >= 0.6 is 0 Å². The normalized spacial score (nSPS) is 42.0. The van der Waals surface area contributed by atoms with E-state index < -0.39 is 65.4 Å². The molecule has 0 saturated carbocycles. The van der Waals surface area contributed by atoms with Gasteiger partial charge in [-0.25, -0.2) is 4.79 Å². The Balaban J connectivity index is 1.82. The highest BCUT2D eigenvalue weighted by Gasteiger charge is 2.73. The van der Waals surface area contributed by atoms with Crippen LogP contribution in [-0.2, 0) is 38.0 Å². The first-order chi connectivity index (χ1) is 24.8. The third kappa shape index (κ3) is 7.92. The van der Waals surface area contributed by atoms with Crippen molar-refractivity contribution in [3.8, 4) is 0 Å². The van der Waals surface area contributed by atoms with Gasteiger partial charge in [-0.15, -0.1) is 0 Å². The lowest BCUT2D eigenvalue weighted by Crippen LogP contribution is -2.72. The highest BCUT2D eigenvalue weighted by molar-refractivity contribution is 5.97. The molecule has 3 saturated heterocycles. The maximum absolute atomic E-state index is 14.2. The van der Waals surface area contributed by atoms with Crippen LogP contribution in [0.5, 0.6) is 0 Å². The molecular weight excluding hydrogens is 684 g/mol. The van der Waals surface area contributed by atoms with E-state index in [9.17, 15) is 14.4 Å². The quantitative estimate of drug-likeness (QED) is 0.0597. The molecule has 5 aliphatic rings. The van der Waals surface area contributed by atoms with Gasteiger partial charge in [-0.1, -0.05) is 46.7 Å². The van der Waals surface area contributed by atoms with Crippen LogP contribution in [0.25, 0.3) is 10.4 Å². The average molecular weight is 749 g/mol. The van der Waals surface area contributed by atoms with Gasteiger partial charge in [-0.2, -0.15) is 0 Å². The second-order valence-corrected chi connectivity index (χ2v) is 16.4. The maximum Gasteiger partial charge on any atom is 0.412 e. The van der Waals surface area contributed by atoms with Crippen LogP contribution < -0.4 is 0 Å². The standard InChI is InChI=1S/C38H64N6O9/c1-14-29-37(10)38(44(35(47)53-37)18-16-15-17-40-42-39)26(7)30(41-38)21(2)20-36(9,48-13)32(24(5)23(4)25(6)33(46)51-29)52-34-31(50-27(8)45)28(43(11)12)19-22(3)49-34/h21-26,28-29,31-32,34H,14-20H2,1-13H3/t21-,22?,23?,24?,25?,26+,28?,29?,31-,32-,34?,36+,37-,38?/m1/s1. The summed E-state index contributed by atoms with van der Waals surface area (Å²) in [5, 5.41) is 3.64. The first-order valence-electron chi connectivity index (χ1n) is 19.3. The SMILES string of the molecule is CCC1OC(=O)C(C)C(C)C(C)[C@@H](OC2OC(C)CC(N(C)C)[C@H]2OC(C)=O)[C@@](C)(OC)C[C@@H](C)C2=NC3([C@H]2C)N(CCCCN=[N+]=[N-])C(=O)O[C@]13C. The molecule has 1 spiro atoms. The minimum Gasteiger partial charge on any atom is -0.458 e. The number of likely N-dealkylation sites (N-methyl/N-ethyl adjacent to an activating group) is 1. The Morgan fingerprint density at radius 1 is 1.11 bits per heavy atom. The maximum atomic E-state index is 14.2. The lowest BCUT2D eigenvalue weighted by molar-refractivity contribution is -0.301. The molecule has 5 heterocycles. The Morgan fingerprint density at radius 2 is 1.79 bits per heavy atom. The minimum atomic E-state index is -1.26. The molecule has 0 aliphatic carbocycles. The number of hydrogen-bond donors (Lipinski definition) is 0. The summed E-state index contributed by atoms with van der Waals surface area (Å²) in [4.78, 5) is 52.2. The molecule has 0 N–H and O–H groups in total. The number of esters is 2. The van der Waals surface area contributed by atoms with Crippen molar-refractivity contribution in [3.05, 3.63) is 10.4 Å². The lowest BCUT2D eigenvalue weighted by atomic mass is 9.65. The largest absolute Gasteiger partial charge is 0.458 e. The molecule has 300 valence electrons. The number of rotatable bonds is 11. The minimum absolute atomic E-state index is 0.117. The third-order valence-electron chi connectivity index (χ3n) is 12.8. The molecule has 0 aromatic rings. The molecule has 5 aliphatic heterocycles. The molecule has 2 bridgehead atoms. The number of carbonyl (C=O) groups is 3. The average Bonchev–Trinajstić information content (AvgIpc) is 3.33. The molecule has 8 unspecified atom stereocenters. The zero-order chi connectivity index (χ0) is 39.6. The molecule has 14 atom stereocenters. The van der Waals surface area contributed by atoms with Gasteiger partial charge in [-0.3, -0.25) is 19.5 Å². The van der Waals surface area contributed by atoms with E-state index in [-0.39, 0.29) is 35.8 Å². The first kappa shape index (κ1) is 42.8. The summed E-state index contributed by atoms with van der Waals surface area (Å²) in [5.41, 5.74) is 6.32. The topological polar surface area (TPSA) is 174 Å². The number of hydrogen-bond acceptors (Lipinski definition) is 12. The van der Waals surface area contributed by atoms with Crippen molar-refractivity contribution in [2.75, 3.05) is 34.3 Å². The second kappa shape index (κ2) is 16.8. The highest BCUT2D eigenvalue weighted by atomic mass is 16.7. The van der Waals surface area contributed by atoms with E-state index in [4.69, 9.17) is 38.9 Å². The van der Waals surface area contributed by atoms with E-state index >= 15 is 0 Å². The predicted octanol–water partition coefficient (Wildman–Crippen LogP) is 6.13. The van der Waals surface area contributed by atoms with Crippen LogP contribution in [0, 0.1) is 29.6 Å². The fourth-order valence-corrected chi connectivity index (χ4v) is 9.42. The first-order valence-corrected chi connectivity index (χ1v) is 19.3. The lowest BCUT2D eigenvalue weighted by Gasteiger charge is -2.56. The van der Waals surface area contributed by atoms with Crippen LogP contribution in [0.1, 0.15) is 101 Å². The van der Waals surface area contributed by atoms with Gasteiger partial charge in [0.15, 0.2) is 23.7 Å². The van der Waals surface area contributed by atoms with Gasteiger partial charge in [0.1, 0.15) is 6.10 Å². The van der Waals surface area contributed by atoms with E-state index in [2.05, 4.69) is 30.8 Å². The number of aliphatic imine (C=N–C) groups is 1. The zero-order valence-electron chi connectivity index (χ0n) is 34.2. The van der Waals surface area contributed by atoms with E-state index in [1.54, 1.807) is 12.0 Å². The van der Waals surface area contributed by atoms with E-state index in [1.165, 1.54) is 6.92 Å². The Labute approximate surface area is 315 Å². The molecule has 0 aromatic carbocycles. The summed E-state index contributed by atoms with van der Waals surface area (Å²) in [6.45, 7) is 19.9. The fraction of sp³-hybridized carbons (Fsp3) is 0.895. The summed E-state index contributed by atoms with van der Waals surface area (Å²) >= 11 is 0. The van der Waals surface area contributed by atoms with Crippen molar-refractivity contribution in [1.82, 2.24) is 9.80 Å². The molecule has 0 radical (unpaired) electrons. The van der Waals surface area contributed by atoms with Crippen molar-refractivity contribution in [3.63, 3.8) is 0 Å². The highest BCUT2D eigenvalue weighted by Crippen LogP contribution is 2.56. The number of azide groups is 1. The molecule has 5 rings (SSSR count). The Hall–Kier alpha value is -2.97. The summed E-state index contributed by atoms with van der Waals surface area (Å²) in [6.07, 6.45) is -0.970. The number of methoxy groups -OCH3 is 1. The number of nitrogens with zero attached hydrogens (tertiary/aromatic N) is 6. The molecule has 15 nitrogen and oxygen atoms in total. The van der Waals surface area contributed by atoms with Crippen LogP contribution in [0.3, 0.4) is 0 Å². The summed E-state index contributed by atoms with van der Waals surface area (Å²) in [6, 6.07) is -0.152. The van der Waals surface area contributed by atoms with Crippen molar-refractivity contribution in [2.45, 2.75) is 155 Å². The number of unbranched alkanes of at least 4 members (excludes halogenated alkanes) is 1. The van der Waals surface area contributed by atoms with Crippen LogP contribution in [0.4, 0.5) is 4.79 Å². The van der Waals surface area contributed by atoms with Gasteiger partial charge >= 0.3 is 18.0 Å². The zero-order valence-corrected chi connectivity index (χ0v) is 34.2. The summed E-state index contributed by atoms with van der Waals surface area (Å²) in [7, 11) is 5.56. The Kier molecular flexibility index (Phi) is 13.6. The van der Waals surface area contributed by atoms with Crippen LogP contribution in [-0.4, -0.2) is 121 Å². The number of ether oxygens (including phenoxy) is 6. The smallest absolute Gasteiger partial charge is 0.412 e. The van der Waals surface area contributed by atoms with Gasteiger partial charge in [0, 0.05) is 43.7 Å². The number of fused-ring (bicyclic) bond motifs is 9. The third-order valence-corrected chi connectivity index (χ3v) is 12.8. The van der Waals surface area contributed by atoms with Gasteiger partial charge in [0.25, 0.3) is 0 Å². The second-order valence-electron chi connectivity index (χ2n) is 16.4. The monoisotopic (exact) mass is 748 g/mol. The van der Waals surface area contributed by atoms with Crippen LogP contribution in [0.2, 0.25) is 0 Å². The molecule has 0 aromatic heterocycles. The predicted molar refractivity (Wildman–Crippen MR) is 198 cm³/mol. The van der Waals surface area contributed by atoms with E-state index in [0.29, 0.717) is 45.2 Å². The molecule has 15 heteroatoms. The van der Waals surface area contributed by atoms with Gasteiger partial charge < -0.3 is 33.3 Å². The molecule has 1 amide bonds. The Bertz CT molecular complexity index is 1420. The van der Waals surface area contributed by atoms with Gasteiger partial charge in [-0.05, 0) is 90.3 Å². The van der Waals surface area contributed by atoms with Gasteiger partial charge in [0.05, 0.1) is 29.8 Å². The molecular formula is C38H64N6O9. The van der Waals surface area contributed by atoms with Crippen molar-refractivity contribution < 1.29 is 42.8 Å². The van der Waals surface area contributed by atoms with Crippen molar-refractivity contribution >= 4 is 23.7 Å². The molecule has 53 heavy (non-hydrogen) atoms. The van der Waals surface area contributed by atoms with Crippen molar-refractivity contribution in [2.24, 2.45) is 39.7 Å². The van der Waals surface area contributed by atoms with E-state index in [0.717, 1.165) is 5.71 Å². The van der Waals surface area contributed by atoms with Crippen molar-refractivity contribution in [1.29, 1.82) is 0 Å². The summed E-state index contributed by atoms with van der Waals surface area (Å²) < 4.78 is 38.4. The number of amides is 1. The summed E-state index contributed by atoms with van der Waals surface area (Å²) in [5.74, 6) is -2.33. The molecule has 3 fully saturated rings. The fourth-order valence-electron chi connectivity index (χ4n) is 9.42. The number of carbonyl (C=O) groups excluding carboxylic acids is 3. The Morgan fingerprint density at radius 3 is 2.36 bits per heavy atom. The van der Waals surface area contributed by atoms with E-state index in [1.807, 2.05) is 60.5 Å². The van der Waals surface area contributed by atoms with Gasteiger partial charge in [0.2, 0.25) is 0 Å². The van der Waals surface area contributed by atoms with Crippen LogP contribution in [0.15, 0.2) is 10.1 Å².